The van der Waals surface area contributed by atoms with Crippen molar-refractivity contribution in [1.29, 1.82) is 0 Å². The summed E-state index contributed by atoms with van der Waals surface area (Å²) in [7, 11) is 0. The predicted molar refractivity (Wildman–Crippen MR) is 103 cm³/mol. The predicted octanol–water partition coefficient (Wildman–Crippen LogP) is 6.88. The van der Waals surface area contributed by atoms with Crippen molar-refractivity contribution in [2.24, 2.45) is 23.7 Å². The zero-order valence-electron chi connectivity index (χ0n) is 16.2. The summed E-state index contributed by atoms with van der Waals surface area (Å²) < 4.78 is 80.9. The van der Waals surface area contributed by atoms with Gasteiger partial charge in [0.15, 0.2) is 5.78 Å². The van der Waals surface area contributed by atoms with Gasteiger partial charge in [-0.2, -0.15) is 26.3 Å². The fourth-order valence-electron chi connectivity index (χ4n) is 5.90. The van der Waals surface area contributed by atoms with Crippen molar-refractivity contribution in [2.75, 3.05) is 0 Å². The van der Waals surface area contributed by atoms with Gasteiger partial charge in [-0.1, -0.05) is 30.3 Å². The number of allylic oxidation sites excluding steroid dienone is 2. The monoisotopic (exact) mass is 436 g/mol. The van der Waals surface area contributed by atoms with Crippen molar-refractivity contribution >= 4 is 16.9 Å². The van der Waals surface area contributed by atoms with Crippen LogP contribution >= 0.6 is 0 Å². The van der Waals surface area contributed by atoms with Crippen LogP contribution in [0.2, 0.25) is 0 Å². The number of halogens is 6. The van der Waals surface area contributed by atoms with Crippen LogP contribution in [0.25, 0.3) is 11.1 Å². The molecule has 2 fully saturated rings. The molecule has 7 heteroatoms. The Morgan fingerprint density at radius 1 is 0.710 bits per heavy atom. The topological polar surface area (TPSA) is 17.1 Å². The summed E-state index contributed by atoms with van der Waals surface area (Å²) in [6, 6.07) is 10.2. The molecule has 0 amide bonds. The minimum atomic E-state index is -4.93. The zero-order chi connectivity index (χ0) is 22.1. The minimum absolute atomic E-state index is 0.110. The van der Waals surface area contributed by atoms with Crippen molar-refractivity contribution in [3.05, 3.63) is 70.8 Å². The van der Waals surface area contributed by atoms with E-state index in [4.69, 9.17) is 0 Å². The summed E-state index contributed by atoms with van der Waals surface area (Å²) >= 11 is 0. The smallest absolute Gasteiger partial charge is 0.294 e. The van der Waals surface area contributed by atoms with Gasteiger partial charge in [-0.05, 0) is 71.9 Å². The molecule has 5 rings (SSSR count). The van der Waals surface area contributed by atoms with Gasteiger partial charge in [0.05, 0.1) is 11.1 Å². The van der Waals surface area contributed by atoms with Gasteiger partial charge in [0.1, 0.15) is 0 Å². The Morgan fingerprint density at radius 2 is 1.26 bits per heavy atom. The number of benzene rings is 2. The number of hydrogen-bond acceptors (Lipinski definition) is 1. The van der Waals surface area contributed by atoms with E-state index >= 15 is 0 Å². The van der Waals surface area contributed by atoms with Gasteiger partial charge in [-0.3, -0.25) is 4.79 Å². The van der Waals surface area contributed by atoms with E-state index in [0.717, 1.165) is 31.4 Å². The van der Waals surface area contributed by atoms with E-state index in [2.05, 4.69) is 0 Å². The quantitative estimate of drug-likeness (QED) is 0.469. The number of ketones is 1. The largest absolute Gasteiger partial charge is 0.416 e. The van der Waals surface area contributed by atoms with Crippen LogP contribution in [0.15, 0.2) is 48.5 Å². The molecule has 2 saturated carbocycles. The lowest BCUT2D eigenvalue weighted by Crippen LogP contribution is -2.24. The van der Waals surface area contributed by atoms with Crippen LogP contribution in [-0.2, 0) is 17.1 Å². The van der Waals surface area contributed by atoms with Gasteiger partial charge in [-0.15, -0.1) is 0 Å². The van der Waals surface area contributed by atoms with Crippen molar-refractivity contribution in [1.82, 2.24) is 0 Å². The number of hydrogen-bond donors (Lipinski definition) is 0. The standard InChI is InChI=1S/C24H18F6O/c25-23(26,27)16-9-15(10-17(11-16)24(28,29)30)19-18-13-6-7-14(8-13)21(18)22(31)20(19)12-4-2-1-3-5-12/h1-5,9-11,13-14,18,21H,6-8H2/t13-,14+,18?,21?/m1/s1. The van der Waals surface area contributed by atoms with Crippen molar-refractivity contribution in [3.8, 4) is 0 Å². The molecule has 0 aromatic heterocycles. The van der Waals surface area contributed by atoms with Gasteiger partial charge in [-0.25, -0.2) is 0 Å². The van der Waals surface area contributed by atoms with E-state index in [1.165, 1.54) is 0 Å². The number of alkyl halides is 6. The first-order valence-corrected chi connectivity index (χ1v) is 10.2. The number of carbonyl (C=O) groups excluding carboxylic acids is 1. The van der Waals surface area contributed by atoms with Gasteiger partial charge in [0.2, 0.25) is 0 Å². The van der Waals surface area contributed by atoms with E-state index in [1.54, 1.807) is 30.3 Å². The second-order valence-corrected chi connectivity index (χ2v) is 8.70. The van der Waals surface area contributed by atoms with Crippen LogP contribution in [0.4, 0.5) is 26.3 Å². The number of Topliss-reactive ketones (excluding diaryl/α,β-unsaturated/α-hetero) is 1. The van der Waals surface area contributed by atoms with Crippen LogP contribution in [0, 0.1) is 23.7 Å². The molecule has 1 nitrogen and oxygen atoms in total. The van der Waals surface area contributed by atoms with E-state index in [1.807, 2.05) is 0 Å². The van der Waals surface area contributed by atoms with Gasteiger partial charge in [0, 0.05) is 11.5 Å². The molecule has 3 aliphatic carbocycles. The maximum atomic E-state index is 13.5. The van der Waals surface area contributed by atoms with E-state index in [0.29, 0.717) is 11.1 Å². The van der Waals surface area contributed by atoms with Crippen molar-refractivity contribution < 1.29 is 31.1 Å². The summed E-state index contributed by atoms with van der Waals surface area (Å²) in [6.07, 6.45) is -7.34. The van der Waals surface area contributed by atoms with E-state index in [-0.39, 0.29) is 46.7 Å². The second-order valence-electron chi connectivity index (χ2n) is 8.70. The minimum Gasteiger partial charge on any atom is -0.294 e. The first-order valence-electron chi connectivity index (χ1n) is 10.2. The van der Waals surface area contributed by atoms with Crippen LogP contribution in [0.1, 0.15) is 41.5 Å². The summed E-state index contributed by atoms with van der Waals surface area (Å²) in [5.74, 6) is -0.575. The molecular weight excluding hydrogens is 418 g/mol. The molecule has 162 valence electrons. The average Bonchev–Trinajstić information content (AvgIpc) is 3.39. The molecule has 2 bridgehead atoms. The van der Waals surface area contributed by atoms with Gasteiger partial charge < -0.3 is 0 Å². The summed E-state index contributed by atoms with van der Waals surface area (Å²) in [5, 5.41) is 0. The van der Waals surface area contributed by atoms with Crippen LogP contribution < -0.4 is 0 Å². The molecule has 0 saturated heterocycles. The number of fused-ring (bicyclic) bond motifs is 5. The Labute approximate surface area is 174 Å². The van der Waals surface area contributed by atoms with E-state index in [9.17, 15) is 31.1 Å². The van der Waals surface area contributed by atoms with Crippen molar-refractivity contribution in [3.63, 3.8) is 0 Å². The third kappa shape index (κ3) is 3.20. The first-order chi connectivity index (χ1) is 14.6. The lowest BCUT2D eigenvalue weighted by molar-refractivity contribution is -0.143. The highest BCUT2D eigenvalue weighted by molar-refractivity contribution is 6.32. The molecule has 0 aliphatic heterocycles. The van der Waals surface area contributed by atoms with E-state index < -0.39 is 23.5 Å². The van der Waals surface area contributed by atoms with Crippen molar-refractivity contribution in [2.45, 2.75) is 31.6 Å². The number of carbonyl (C=O) groups is 1. The maximum Gasteiger partial charge on any atom is 0.416 e. The zero-order valence-corrected chi connectivity index (χ0v) is 16.2. The second kappa shape index (κ2) is 6.71. The highest BCUT2D eigenvalue weighted by atomic mass is 19.4. The molecule has 31 heavy (non-hydrogen) atoms. The molecule has 2 aromatic carbocycles. The molecule has 0 radical (unpaired) electrons. The number of rotatable bonds is 2. The third-order valence-corrected chi connectivity index (χ3v) is 7.03. The molecule has 3 aliphatic rings. The lowest BCUT2D eigenvalue weighted by atomic mass is 9.76. The summed E-state index contributed by atoms with van der Waals surface area (Å²) in [4.78, 5) is 13.4. The van der Waals surface area contributed by atoms with Crippen LogP contribution in [0.3, 0.4) is 0 Å². The molecular formula is C24H18F6O. The lowest BCUT2D eigenvalue weighted by Gasteiger charge is -2.27. The fourth-order valence-corrected chi connectivity index (χ4v) is 5.90. The average molecular weight is 436 g/mol. The van der Waals surface area contributed by atoms with Crippen LogP contribution in [-0.4, -0.2) is 5.78 Å². The highest BCUT2D eigenvalue weighted by Crippen LogP contribution is 2.63. The molecule has 0 N–H and O–H groups in total. The summed E-state index contributed by atoms with van der Waals surface area (Å²) in [6.45, 7) is 0. The summed E-state index contributed by atoms with van der Waals surface area (Å²) in [5.41, 5.74) is -1.67. The maximum absolute atomic E-state index is 13.5. The SMILES string of the molecule is O=C1C(c2ccccc2)=C(c2cc(C(F)(F)F)cc(C(F)(F)F)c2)C2C1[C@H]1CC[C@@H]2C1. The molecule has 2 unspecified atom stereocenters. The Morgan fingerprint density at radius 3 is 1.81 bits per heavy atom. The molecule has 0 spiro atoms. The first kappa shape index (κ1) is 20.3. The third-order valence-electron chi connectivity index (χ3n) is 7.03. The molecule has 4 atom stereocenters. The Bertz CT molecular complexity index is 1050. The fraction of sp³-hybridized carbons (Fsp3) is 0.375. The molecule has 2 aromatic rings. The Hall–Kier alpha value is -2.57. The van der Waals surface area contributed by atoms with Gasteiger partial charge in [0.25, 0.3) is 0 Å². The van der Waals surface area contributed by atoms with Crippen LogP contribution in [0.5, 0.6) is 0 Å². The highest BCUT2D eigenvalue weighted by Gasteiger charge is 2.57. The van der Waals surface area contributed by atoms with Gasteiger partial charge >= 0.3 is 12.4 Å². The Kier molecular flexibility index (Phi) is 4.40. The Balaban J connectivity index is 1.78. The molecule has 0 heterocycles. The normalized spacial score (nSPS) is 27.9.